The fraction of sp³-hybridized carbons (Fsp3) is 0.588. The summed E-state index contributed by atoms with van der Waals surface area (Å²) in [6.07, 6.45) is 6.46. The van der Waals surface area contributed by atoms with Crippen LogP contribution in [0.2, 0.25) is 0 Å². The van der Waals surface area contributed by atoms with Crippen molar-refractivity contribution in [2.24, 2.45) is 5.92 Å². The summed E-state index contributed by atoms with van der Waals surface area (Å²) in [5.41, 5.74) is 1.11. The molecule has 1 fully saturated rings. The van der Waals surface area contributed by atoms with Crippen LogP contribution in [0.15, 0.2) is 24.3 Å². The fourth-order valence-corrected chi connectivity index (χ4v) is 2.80. The van der Waals surface area contributed by atoms with Gasteiger partial charge in [-0.15, -0.1) is 0 Å². The van der Waals surface area contributed by atoms with Crippen molar-refractivity contribution < 1.29 is 14.3 Å². The molecule has 1 aromatic carbocycles. The van der Waals surface area contributed by atoms with Gasteiger partial charge < -0.3 is 14.8 Å². The Morgan fingerprint density at radius 3 is 2.43 bits per heavy atom. The van der Waals surface area contributed by atoms with Crippen molar-refractivity contribution in [1.29, 1.82) is 0 Å². The molecule has 4 nitrogen and oxygen atoms in total. The van der Waals surface area contributed by atoms with Gasteiger partial charge in [0, 0.05) is 11.7 Å². The molecular formula is C17H25NO3. The highest BCUT2D eigenvalue weighted by Gasteiger charge is 2.19. The van der Waals surface area contributed by atoms with Crippen LogP contribution in [0.25, 0.3) is 0 Å². The molecule has 4 heteroatoms. The van der Waals surface area contributed by atoms with Gasteiger partial charge in [0.2, 0.25) is 0 Å². The second-order valence-electron chi connectivity index (χ2n) is 5.66. The second-order valence-corrected chi connectivity index (χ2v) is 5.66. The summed E-state index contributed by atoms with van der Waals surface area (Å²) in [6.45, 7) is 2.23. The highest BCUT2D eigenvalue weighted by atomic mass is 16.6. The molecule has 0 unspecified atom stereocenters. The number of hydrogen-bond donors (Lipinski definition) is 1. The summed E-state index contributed by atoms with van der Waals surface area (Å²) < 4.78 is 9.87. The lowest BCUT2D eigenvalue weighted by Crippen LogP contribution is -2.25. The molecule has 0 saturated heterocycles. The van der Waals surface area contributed by atoms with E-state index in [9.17, 15) is 4.79 Å². The van der Waals surface area contributed by atoms with Gasteiger partial charge in [0.1, 0.15) is 5.75 Å². The summed E-state index contributed by atoms with van der Waals surface area (Å²) in [5, 5.41) is 3.58. The highest BCUT2D eigenvalue weighted by molar-refractivity contribution is 5.70. The van der Waals surface area contributed by atoms with Gasteiger partial charge >= 0.3 is 5.97 Å². The number of nitrogens with one attached hydrogen (secondary N) is 1. The van der Waals surface area contributed by atoms with Crippen molar-refractivity contribution in [1.82, 2.24) is 0 Å². The Labute approximate surface area is 126 Å². The molecule has 0 aliphatic heterocycles. The van der Waals surface area contributed by atoms with E-state index in [-0.39, 0.29) is 12.6 Å². The molecule has 116 valence electrons. The van der Waals surface area contributed by atoms with Gasteiger partial charge in [-0.1, -0.05) is 13.3 Å². The zero-order chi connectivity index (χ0) is 15.1. The van der Waals surface area contributed by atoms with Gasteiger partial charge in [-0.3, -0.25) is 0 Å². The molecule has 2 rings (SSSR count). The van der Waals surface area contributed by atoms with Crippen LogP contribution < -0.4 is 10.1 Å². The smallest absolute Gasteiger partial charge is 0.343 e. The van der Waals surface area contributed by atoms with Crippen molar-refractivity contribution in [3.8, 4) is 5.75 Å². The average Bonchev–Trinajstić information content (AvgIpc) is 2.54. The van der Waals surface area contributed by atoms with Crippen LogP contribution in [0.3, 0.4) is 0 Å². The Kier molecular flexibility index (Phi) is 5.90. The Morgan fingerprint density at radius 2 is 1.86 bits per heavy atom. The van der Waals surface area contributed by atoms with Crippen molar-refractivity contribution in [3.05, 3.63) is 24.3 Å². The maximum absolute atomic E-state index is 11.0. The summed E-state index contributed by atoms with van der Waals surface area (Å²) in [4.78, 5) is 11.0. The SMILES string of the molecule is CCC1CCC(Nc2ccc(OCC(=O)OC)cc2)CC1. The zero-order valence-electron chi connectivity index (χ0n) is 12.9. The zero-order valence-corrected chi connectivity index (χ0v) is 12.9. The number of anilines is 1. The molecule has 1 N–H and O–H groups in total. The van der Waals surface area contributed by atoms with Gasteiger partial charge in [0.25, 0.3) is 0 Å². The van der Waals surface area contributed by atoms with Crippen molar-refractivity contribution in [2.45, 2.75) is 45.1 Å². The van der Waals surface area contributed by atoms with E-state index in [0.717, 1.165) is 11.6 Å². The third kappa shape index (κ3) is 4.96. The first-order valence-corrected chi connectivity index (χ1v) is 7.77. The van der Waals surface area contributed by atoms with Crippen LogP contribution >= 0.6 is 0 Å². The Bertz CT molecular complexity index is 436. The molecule has 0 aromatic heterocycles. The molecule has 0 bridgehead atoms. The van der Waals surface area contributed by atoms with Crippen LogP contribution in [-0.2, 0) is 9.53 Å². The van der Waals surface area contributed by atoms with E-state index in [1.54, 1.807) is 0 Å². The number of ether oxygens (including phenoxy) is 2. The van der Waals surface area contributed by atoms with Crippen molar-refractivity contribution in [2.75, 3.05) is 19.0 Å². The standard InChI is InChI=1S/C17H25NO3/c1-3-13-4-6-14(7-5-13)18-15-8-10-16(11-9-15)21-12-17(19)20-2/h8-11,13-14,18H,3-7,12H2,1-2H3. The summed E-state index contributed by atoms with van der Waals surface area (Å²) in [5.74, 6) is 1.22. The maximum atomic E-state index is 11.0. The molecule has 1 aliphatic rings. The molecule has 0 heterocycles. The van der Waals surface area contributed by atoms with Gasteiger partial charge in [-0.25, -0.2) is 4.79 Å². The first-order chi connectivity index (χ1) is 10.2. The summed E-state index contributed by atoms with van der Waals surface area (Å²) in [6, 6.07) is 8.33. The van der Waals surface area contributed by atoms with Crippen LogP contribution in [0.4, 0.5) is 5.69 Å². The van der Waals surface area contributed by atoms with Crippen LogP contribution in [0.5, 0.6) is 5.75 Å². The van der Waals surface area contributed by atoms with E-state index in [0.29, 0.717) is 11.8 Å². The predicted octanol–water partition coefficient (Wildman–Crippen LogP) is 3.62. The first-order valence-electron chi connectivity index (χ1n) is 7.77. The number of hydrogen-bond acceptors (Lipinski definition) is 4. The van der Waals surface area contributed by atoms with E-state index in [2.05, 4.69) is 17.0 Å². The third-order valence-electron chi connectivity index (χ3n) is 4.23. The quantitative estimate of drug-likeness (QED) is 0.813. The third-order valence-corrected chi connectivity index (χ3v) is 4.23. The molecule has 0 spiro atoms. The van der Waals surface area contributed by atoms with Gasteiger partial charge in [-0.2, -0.15) is 0 Å². The Balaban J connectivity index is 1.78. The first kappa shape index (κ1) is 15.7. The number of carbonyl (C=O) groups excluding carboxylic acids is 1. The lowest BCUT2D eigenvalue weighted by Gasteiger charge is -2.29. The molecule has 1 aliphatic carbocycles. The molecule has 0 atom stereocenters. The predicted molar refractivity (Wildman–Crippen MR) is 83.6 cm³/mol. The Morgan fingerprint density at radius 1 is 1.19 bits per heavy atom. The minimum atomic E-state index is -0.370. The van der Waals surface area contributed by atoms with E-state index < -0.39 is 0 Å². The number of esters is 1. The number of benzene rings is 1. The molecule has 1 saturated carbocycles. The van der Waals surface area contributed by atoms with Gasteiger partial charge in [0.05, 0.1) is 7.11 Å². The van der Waals surface area contributed by atoms with E-state index in [4.69, 9.17) is 4.74 Å². The highest BCUT2D eigenvalue weighted by Crippen LogP contribution is 2.28. The van der Waals surface area contributed by atoms with Crippen LogP contribution in [0.1, 0.15) is 39.0 Å². The minimum Gasteiger partial charge on any atom is -0.482 e. The van der Waals surface area contributed by atoms with Gasteiger partial charge in [-0.05, 0) is 55.9 Å². The van der Waals surface area contributed by atoms with Crippen molar-refractivity contribution in [3.63, 3.8) is 0 Å². The molecular weight excluding hydrogens is 266 g/mol. The minimum absolute atomic E-state index is 0.0513. The number of methoxy groups -OCH3 is 1. The topological polar surface area (TPSA) is 47.6 Å². The lowest BCUT2D eigenvalue weighted by atomic mass is 9.84. The monoisotopic (exact) mass is 291 g/mol. The van der Waals surface area contributed by atoms with Crippen LogP contribution in [0, 0.1) is 5.92 Å². The number of carbonyl (C=O) groups is 1. The lowest BCUT2D eigenvalue weighted by molar-refractivity contribution is -0.142. The summed E-state index contributed by atoms with van der Waals surface area (Å²) in [7, 11) is 1.35. The van der Waals surface area contributed by atoms with E-state index in [1.807, 2.05) is 24.3 Å². The molecule has 1 aromatic rings. The second kappa shape index (κ2) is 7.91. The van der Waals surface area contributed by atoms with Crippen molar-refractivity contribution >= 4 is 11.7 Å². The largest absolute Gasteiger partial charge is 0.482 e. The average molecular weight is 291 g/mol. The molecule has 21 heavy (non-hydrogen) atoms. The molecule has 0 radical (unpaired) electrons. The number of rotatable bonds is 6. The van der Waals surface area contributed by atoms with Crippen LogP contribution in [-0.4, -0.2) is 25.7 Å². The van der Waals surface area contributed by atoms with E-state index >= 15 is 0 Å². The maximum Gasteiger partial charge on any atom is 0.343 e. The fourth-order valence-electron chi connectivity index (χ4n) is 2.80. The van der Waals surface area contributed by atoms with Gasteiger partial charge in [0.15, 0.2) is 6.61 Å². The normalized spacial score (nSPS) is 21.6. The Hall–Kier alpha value is -1.71. The summed E-state index contributed by atoms with van der Waals surface area (Å²) >= 11 is 0. The van der Waals surface area contributed by atoms with E-state index in [1.165, 1.54) is 39.2 Å². The molecule has 0 amide bonds.